The molecule has 0 aromatic carbocycles. The Labute approximate surface area is 98.8 Å². The third kappa shape index (κ3) is 2.57. The van der Waals surface area contributed by atoms with Gasteiger partial charge in [-0.15, -0.1) is 0 Å². The van der Waals surface area contributed by atoms with Crippen molar-refractivity contribution < 1.29 is 4.79 Å². The summed E-state index contributed by atoms with van der Waals surface area (Å²) in [6, 6.07) is 0. The van der Waals surface area contributed by atoms with Crippen molar-refractivity contribution in [2.75, 3.05) is 32.7 Å². The van der Waals surface area contributed by atoms with Gasteiger partial charge in [0.1, 0.15) is 0 Å². The molecule has 0 aromatic rings. The Hall–Kier alpha value is -0.570. The van der Waals surface area contributed by atoms with Crippen molar-refractivity contribution in [1.82, 2.24) is 9.80 Å². The van der Waals surface area contributed by atoms with E-state index >= 15 is 0 Å². The van der Waals surface area contributed by atoms with Crippen molar-refractivity contribution in [2.24, 2.45) is 11.3 Å². The van der Waals surface area contributed by atoms with Gasteiger partial charge in [-0.3, -0.25) is 9.69 Å². The lowest BCUT2D eigenvalue weighted by Crippen LogP contribution is -2.55. The van der Waals surface area contributed by atoms with E-state index in [0.717, 1.165) is 32.1 Å². The Morgan fingerprint density at radius 3 is 2.25 bits per heavy atom. The lowest BCUT2D eigenvalue weighted by molar-refractivity contribution is -0.133. The molecule has 92 valence electrons. The first-order valence-electron chi connectivity index (χ1n) is 6.47. The van der Waals surface area contributed by atoms with Gasteiger partial charge < -0.3 is 4.90 Å². The highest BCUT2D eigenvalue weighted by atomic mass is 16.2. The van der Waals surface area contributed by atoms with Gasteiger partial charge in [0.2, 0.25) is 5.91 Å². The molecule has 0 radical (unpaired) electrons. The third-order valence-electron chi connectivity index (χ3n) is 4.00. The molecule has 2 saturated heterocycles. The summed E-state index contributed by atoms with van der Waals surface area (Å²) in [5.74, 6) is 1.10. The van der Waals surface area contributed by atoms with Gasteiger partial charge >= 0.3 is 0 Å². The second-order valence-corrected chi connectivity index (χ2v) is 6.34. The zero-order valence-corrected chi connectivity index (χ0v) is 10.8. The Bertz CT molecular complexity index is 258. The van der Waals surface area contributed by atoms with Crippen LogP contribution in [-0.4, -0.2) is 48.4 Å². The molecule has 0 aromatic heterocycles. The molecule has 2 heterocycles. The largest absolute Gasteiger partial charge is 0.342 e. The molecule has 0 aliphatic carbocycles. The Balaban J connectivity index is 1.71. The van der Waals surface area contributed by atoms with Crippen molar-refractivity contribution in [1.29, 1.82) is 0 Å². The normalized spacial score (nSPS) is 23.6. The van der Waals surface area contributed by atoms with Crippen LogP contribution < -0.4 is 0 Å². The molecule has 0 saturated carbocycles. The monoisotopic (exact) mass is 224 g/mol. The van der Waals surface area contributed by atoms with E-state index in [1.165, 1.54) is 12.8 Å². The van der Waals surface area contributed by atoms with Crippen LogP contribution in [0.25, 0.3) is 0 Å². The van der Waals surface area contributed by atoms with Gasteiger partial charge in [-0.1, -0.05) is 20.8 Å². The highest BCUT2D eigenvalue weighted by Crippen LogP contribution is 2.33. The summed E-state index contributed by atoms with van der Waals surface area (Å²) in [6.07, 6.45) is 2.38. The van der Waals surface area contributed by atoms with E-state index in [9.17, 15) is 4.79 Å². The summed E-state index contributed by atoms with van der Waals surface area (Å²) in [6.45, 7) is 11.7. The van der Waals surface area contributed by atoms with Crippen LogP contribution in [0.4, 0.5) is 0 Å². The van der Waals surface area contributed by atoms with E-state index < -0.39 is 0 Å². The predicted octanol–water partition coefficient (Wildman–Crippen LogP) is 1.59. The van der Waals surface area contributed by atoms with E-state index in [2.05, 4.69) is 25.7 Å². The number of nitrogens with zero attached hydrogens (tertiary/aromatic N) is 2. The van der Waals surface area contributed by atoms with Crippen molar-refractivity contribution in [2.45, 2.75) is 33.6 Å². The first-order valence-corrected chi connectivity index (χ1v) is 6.47. The van der Waals surface area contributed by atoms with E-state index in [1.54, 1.807) is 0 Å². The summed E-state index contributed by atoms with van der Waals surface area (Å²) in [5.41, 5.74) is 0.396. The van der Waals surface area contributed by atoms with Crippen LogP contribution in [0.15, 0.2) is 0 Å². The number of hydrogen-bond donors (Lipinski definition) is 0. The van der Waals surface area contributed by atoms with Gasteiger partial charge in [0.05, 0.1) is 6.54 Å². The minimum atomic E-state index is 0.338. The minimum absolute atomic E-state index is 0.338. The van der Waals surface area contributed by atoms with Gasteiger partial charge in [0.15, 0.2) is 0 Å². The first kappa shape index (κ1) is 11.9. The number of carbonyl (C=O) groups excluding carboxylic acids is 1. The van der Waals surface area contributed by atoms with Crippen LogP contribution in [0.1, 0.15) is 33.6 Å². The summed E-state index contributed by atoms with van der Waals surface area (Å²) in [5, 5.41) is 0. The van der Waals surface area contributed by atoms with E-state index in [4.69, 9.17) is 0 Å². The zero-order valence-electron chi connectivity index (χ0n) is 10.8. The molecule has 2 aliphatic rings. The number of likely N-dealkylation sites (tertiary alicyclic amines) is 2. The fourth-order valence-corrected chi connectivity index (χ4v) is 2.50. The minimum Gasteiger partial charge on any atom is -0.342 e. The summed E-state index contributed by atoms with van der Waals surface area (Å²) < 4.78 is 0. The van der Waals surface area contributed by atoms with Crippen LogP contribution in [0.3, 0.4) is 0 Å². The molecule has 3 nitrogen and oxygen atoms in total. The van der Waals surface area contributed by atoms with Gasteiger partial charge in [0, 0.05) is 26.2 Å². The Morgan fingerprint density at radius 1 is 1.19 bits per heavy atom. The molecule has 2 aliphatic heterocycles. The first-order chi connectivity index (χ1) is 7.47. The molecule has 0 atom stereocenters. The Kier molecular flexibility index (Phi) is 3.24. The molecule has 0 unspecified atom stereocenters. The highest BCUT2D eigenvalue weighted by Gasteiger charge is 2.36. The topological polar surface area (TPSA) is 23.6 Å². The maximum Gasteiger partial charge on any atom is 0.236 e. The van der Waals surface area contributed by atoms with Gasteiger partial charge in [0.25, 0.3) is 0 Å². The average Bonchev–Trinajstić information content (AvgIpc) is 2.60. The summed E-state index contributed by atoms with van der Waals surface area (Å²) in [7, 11) is 0. The number of carbonyl (C=O) groups is 1. The van der Waals surface area contributed by atoms with Crippen LogP contribution in [0.2, 0.25) is 0 Å². The molecular weight excluding hydrogens is 200 g/mol. The molecule has 2 fully saturated rings. The lowest BCUT2D eigenvalue weighted by Gasteiger charge is -2.46. The quantitative estimate of drug-likeness (QED) is 0.711. The smallest absolute Gasteiger partial charge is 0.236 e. The second-order valence-electron chi connectivity index (χ2n) is 6.34. The summed E-state index contributed by atoms with van der Waals surface area (Å²) >= 11 is 0. The molecule has 16 heavy (non-hydrogen) atoms. The van der Waals surface area contributed by atoms with Crippen molar-refractivity contribution in [3.63, 3.8) is 0 Å². The van der Waals surface area contributed by atoms with Gasteiger partial charge in [-0.25, -0.2) is 0 Å². The predicted molar refractivity (Wildman–Crippen MR) is 65.2 cm³/mol. The van der Waals surface area contributed by atoms with E-state index in [-0.39, 0.29) is 0 Å². The van der Waals surface area contributed by atoms with Crippen LogP contribution in [-0.2, 0) is 4.79 Å². The maximum atomic E-state index is 11.9. The zero-order chi connectivity index (χ0) is 11.8. The fourth-order valence-electron chi connectivity index (χ4n) is 2.50. The molecule has 1 amide bonds. The number of rotatable bonds is 2. The highest BCUT2D eigenvalue weighted by molar-refractivity contribution is 5.78. The van der Waals surface area contributed by atoms with Gasteiger partial charge in [-0.2, -0.15) is 0 Å². The fraction of sp³-hybridized carbons (Fsp3) is 0.923. The lowest BCUT2D eigenvalue weighted by atomic mass is 9.76. The molecular formula is C13H24N2O. The summed E-state index contributed by atoms with van der Waals surface area (Å²) in [4.78, 5) is 16.2. The Morgan fingerprint density at radius 2 is 1.75 bits per heavy atom. The van der Waals surface area contributed by atoms with Crippen LogP contribution in [0, 0.1) is 11.3 Å². The van der Waals surface area contributed by atoms with Crippen molar-refractivity contribution in [3.8, 4) is 0 Å². The van der Waals surface area contributed by atoms with Crippen LogP contribution in [0.5, 0.6) is 0 Å². The van der Waals surface area contributed by atoms with Crippen molar-refractivity contribution >= 4 is 5.91 Å². The molecule has 3 heteroatoms. The van der Waals surface area contributed by atoms with Crippen molar-refractivity contribution in [3.05, 3.63) is 0 Å². The number of amides is 1. The van der Waals surface area contributed by atoms with E-state index in [1.807, 2.05) is 4.90 Å². The number of hydrogen-bond acceptors (Lipinski definition) is 2. The third-order valence-corrected chi connectivity index (χ3v) is 4.00. The molecule has 0 N–H and O–H groups in total. The average molecular weight is 224 g/mol. The maximum absolute atomic E-state index is 11.9. The van der Waals surface area contributed by atoms with Gasteiger partial charge in [-0.05, 0) is 24.2 Å². The molecule has 2 rings (SSSR count). The molecule has 0 spiro atoms. The molecule has 0 bridgehead atoms. The van der Waals surface area contributed by atoms with E-state index in [0.29, 0.717) is 17.9 Å². The SMILES string of the molecule is CC(C)(C)C1CN(CC(=O)N2CCCC2)C1. The standard InChI is InChI=1S/C13H24N2O/c1-13(2,3)11-8-14(9-11)10-12(16)15-6-4-5-7-15/h11H,4-10H2,1-3H3. The second kappa shape index (κ2) is 4.36. The van der Waals surface area contributed by atoms with Crippen LogP contribution >= 0.6 is 0 Å².